The number of hydrogen-bond acceptors (Lipinski definition) is 4. The van der Waals surface area contributed by atoms with Crippen LogP contribution in [0.15, 0.2) is 241 Å². The molecule has 13 rings (SSSR count). The van der Waals surface area contributed by atoms with Crippen LogP contribution in [-0.2, 0) is 11.8 Å². The summed E-state index contributed by atoms with van der Waals surface area (Å²) in [6.45, 7) is 4.66. The molecular formula is C66H48N4O. The van der Waals surface area contributed by atoms with Gasteiger partial charge in [0, 0.05) is 45.2 Å². The zero-order chi connectivity index (χ0) is 47.5. The van der Waals surface area contributed by atoms with Crippen molar-refractivity contribution in [3.8, 4) is 73.4 Å². The van der Waals surface area contributed by atoms with Gasteiger partial charge in [-0.1, -0.05) is 208 Å². The van der Waals surface area contributed by atoms with Crippen molar-refractivity contribution in [2.75, 3.05) is 0 Å². The number of nitrogens with zero attached hydrogens (tertiary/aromatic N) is 4. The van der Waals surface area contributed by atoms with Crippen molar-refractivity contribution in [3.05, 3.63) is 265 Å². The van der Waals surface area contributed by atoms with E-state index in [9.17, 15) is 0 Å². The molecule has 338 valence electrons. The van der Waals surface area contributed by atoms with E-state index in [1.54, 1.807) is 0 Å². The molecule has 0 N–H and O–H groups in total. The summed E-state index contributed by atoms with van der Waals surface area (Å²) in [4.78, 5) is 15.6. The van der Waals surface area contributed by atoms with E-state index in [1.807, 2.05) is 36.4 Å². The van der Waals surface area contributed by atoms with Gasteiger partial charge in [0.1, 0.15) is 11.5 Å². The molecule has 5 heteroatoms. The van der Waals surface area contributed by atoms with Gasteiger partial charge in [-0.25, -0.2) is 4.98 Å². The number of rotatable bonds is 10. The van der Waals surface area contributed by atoms with Gasteiger partial charge < -0.3 is 4.42 Å². The third-order valence-electron chi connectivity index (χ3n) is 14.5. The molecule has 71 heavy (non-hydrogen) atoms. The Kier molecular flexibility index (Phi) is 10.2. The fourth-order valence-electron chi connectivity index (χ4n) is 10.8. The van der Waals surface area contributed by atoms with E-state index in [0.717, 1.165) is 50.0 Å². The number of furan rings is 1. The summed E-state index contributed by atoms with van der Waals surface area (Å²) in [5.74, 6) is 3.63. The zero-order valence-electron chi connectivity index (χ0n) is 39.5. The van der Waals surface area contributed by atoms with Gasteiger partial charge in [-0.05, 0) is 98.1 Å². The lowest BCUT2D eigenvalue weighted by Gasteiger charge is -2.21. The first-order chi connectivity index (χ1) is 34.9. The molecule has 0 radical (unpaired) electrons. The lowest BCUT2D eigenvalue weighted by Crippen LogP contribution is -2.15. The summed E-state index contributed by atoms with van der Waals surface area (Å²) in [5.41, 5.74) is 17.2. The Balaban J connectivity index is 0.933. The molecule has 3 heterocycles. The van der Waals surface area contributed by atoms with Crippen LogP contribution in [0.2, 0.25) is 0 Å². The molecule has 1 aliphatic rings. The van der Waals surface area contributed by atoms with Gasteiger partial charge in [0.15, 0.2) is 11.6 Å². The van der Waals surface area contributed by atoms with Crippen LogP contribution in [0.4, 0.5) is 0 Å². The highest BCUT2D eigenvalue weighted by molar-refractivity contribution is 6.12. The fourth-order valence-corrected chi connectivity index (χ4v) is 10.8. The highest BCUT2D eigenvalue weighted by atomic mass is 16.3. The minimum Gasteiger partial charge on any atom is -0.461 e. The maximum Gasteiger partial charge on any atom is 0.238 e. The lowest BCUT2D eigenvalue weighted by molar-refractivity contribution is 0.510. The van der Waals surface area contributed by atoms with Gasteiger partial charge in [-0.2, -0.15) is 9.97 Å². The van der Waals surface area contributed by atoms with E-state index < -0.39 is 0 Å². The van der Waals surface area contributed by atoms with Crippen LogP contribution in [0.1, 0.15) is 47.8 Å². The number of benzene rings is 9. The predicted molar refractivity (Wildman–Crippen MR) is 290 cm³/mol. The van der Waals surface area contributed by atoms with Crippen LogP contribution in [0.5, 0.6) is 0 Å². The fraction of sp³-hybridized carbons (Fsp3) is 0.0758. The molecule has 1 aliphatic carbocycles. The Morgan fingerprint density at radius 3 is 1.48 bits per heavy atom. The van der Waals surface area contributed by atoms with Crippen molar-refractivity contribution in [2.24, 2.45) is 0 Å². The first-order valence-corrected chi connectivity index (χ1v) is 24.4. The molecule has 0 amide bonds. The number of aromatic nitrogens is 4. The van der Waals surface area contributed by atoms with Gasteiger partial charge in [-0.15, -0.1) is 0 Å². The van der Waals surface area contributed by atoms with E-state index in [4.69, 9.17) is 19.4 Å². The second kappa shape index (κ2) is 17.2. The van der Waals surface area contributed by atoms with Crippen LogP contribution < -0.4 is 0 Å². The molecule has 12 aromatic rings. The summed E-state index contributed by atoms with van der Waals surface area (Å²) in [6, 6.07) is 84.1. The summed E-state index contributed by atoms with van der Waals surface area (Å²) in [6.07, 6.45) is 0.700. The molecule has 0 unspecified atom stereocenters. The van der Waals surface area contributed by atoms with Crippen LogP contribution in [-0.4, -0.2) is 19.5 Å². The lowest BCUT2D eigenvalue weighted by atomic mass is 9.82. The Hall–Kier alpha value is -8.93. The molecule has 0 bridgehead atoms. The van der Waals surface area contributed by atoms with Gasteiger partial charge in [0.2, 0.25) is 5.95 Å². The van der Waals surface area contributed by atoms with Crippen LogP contribution in [0, 0.1) is 0 Å². The topological polar surface area (TPSA) is 56.7 Å². The second-order valence-electron chi connectivity index (χ2n) is 19.2. The maximum atomic E-state index is 6.92. The number of fused-ring (bicyclic) bond motifs is 6. The molecule has 0 spiro atoms. The van der Waals surface area contributed by atoms with E-state index in [2.05, 4.69) is 219 Å². The molecule has 3 aromatic heterocycles. The van der Waals surface area contributed by atoms with Gasteiger partial charge in [0.05, 0.1) is 11.0 Å². The molecule has 0 fully saturated rings. The van der Waals surface area contributed by atoms with Crippen molar-refractivity contribution in [1.82, 2.24) is 19.5 Å². The molecule has 5 nitrogen and oxygen atoms in total. The first-order valence-electron chi connectivity index (χ1n) is 24.4. The summed E-state index contributed by atoms with van der Waals surface area (Å²) in [7, 11) is 0. The molecule has 0 saturated carbocycles. The van der Waals surface area contributed by atoms with Crippen molar-refractivity contribution in [3.63, 3.8) is 0 Å². The SMILES string of the molecule is CC1(C)c2ccccc2-c2cc3c4cc(-c5ccc(CC(c6ccc(-c7ccccc7)cc6)c6ccc(-c7ccccc7)cc6)o5)ccc4n(-c4nc(-c5ccccc5)nc(-c5ccccc5)n4)c3cc21. The predicted octanol–water partition coefficient (Wildman–Crippen LogP) is 16.6. The molecular weight excluding hydrogens is 865 g/mol. The summed E-state index contributed by atoms with van der Waals surface area (Å²) >= 11 is 0. The van der Waals surface area contributed by atoms with Crippen molar-refractivity contribution in [2.45, 2.75) is 31.6 Å². The van der Waals surface area contributed by atoms with Crippen LogP contribution >= 0.6 is 0 Å². The Bertz CT molecular complexity index is 3750. The van der Waals surface area contributed by atoms with Crippen LogP contribution in [0.3, 0.4) is 0 Å². The molecule has 9 aromatic carbocycles. The van der Waals surface area contributed by atoms with Crippen molar-refractivity contribution >= 4 is 21.8 Å². The second-order valence-corrected chi connectivity index (χ2v) is 19.2. The molecule has 0 atom stereocenters. The maximum absolute atomic E-state index is 6.92. The van der Waals surface area contributed by atoms with Crippen molar-refractivity contribution < 1.29 is 4.42 Å². The third-order valence-corrected chi connectivity index (χ3v) is 14.5. The smallest absolute Gasteiger partial charge is 0.238 e. The quantitative estimate of drug-likeness (QED) is 0.137. The highest BCUT2D eigenvalue weighted by Gasteiger charge is 2.36. The monoisotopic (exact) mass is 912 g/mol. The Morgan fingerprint density at radius 2 is 0.901 bits per heavy atom. The van der Waals surface area contributed by atoms with E-state index in [1.165, 1.54) is 55.6 Å². The summed E-state index contributed by atoms with van der Waals surface area (Å²) < 4.78 is 9.15. The minimum absolute atomic E-state index is 0.0697. The van der Waals surface area contributed by atoms with Crippen molar-refractivity contribution in [1.29, 1.82) is 0 Å². The Morgan fingerprint density at radius 1 is 0.408 bits per heavy atom. The van der Waals surface area contributed by atoms with Gasteiger partial charge in [0.25, 0.3) is 0 Å². The molecule has 0 saturated heterocycles. The average Bonchev–Trinajstić information content (AvgIpc) is 4.12. The minimum atomic E-state index is -0.202. The van der Waals surface area contributed by atoms with Crippen LogP contribution in [0.25, 0.3) is 95.2 Å². The van der Waals surface area contributed by atoms with Gasteiger partial charge >= 0.3 is 0 Å². The standard InChI is InChI=1S/C66H48N4O/c1-66(2)58-26-16-15-25-53(58)55-41-57-56-39-51(35-37-60(56)70(61(57)42-59(55)66)65-68-63(49-21-11-5-12-22-49)67-64(69-65)50-23-13-6-14-24-50)62-38-36-52(71-62)40-54(47-31-27-45(28-32-47)43-17-7-3-8-18-43)48-33-29-46(30-34-48)44-19-9-4-10-20-44/h3-39,41-42,54H,40H2,1-2H3. The molecule has 0 aliphatic heterocycles. The number of hydrogen-bond donors (Lipinski definition) is 0. The largest absolute Gasteiger partial charge is 0.461 e. The van der Waals surface area contributed by atoms with E-state index >= 15 is 0 Å². The van der Waals surface area contributed by atoms with Gasteiger partial charge in [-0.3, -0.25) is 4.57 Å². The third kappa shape index (κ3) is 7.54. The normalized spacial score (nSPS) is 12.7. The first kappa shape index (κ1) is 42.2. The summed E-state index contributed by atoms with van der Waals surface area (Å²) in [5, 5.41) is 2.22. The highest BCUT2D eigenvalue weighted by Crippen LogP contribution is 2.51. The zero-order valence-corrected chi connectivity index (χ0v) is 39.5. The van der Waals surface area contributed by atoms with E-state index in [-0.39, 0.29) is 11.3 Å². The Labute approximate surface area is 413 Å². The van der Waals surface area contributed by atoms with E-state index in [0.29, 0.717) is 24.0 Å². The average molecular weight is 913 g/mol.